The zero-order valence-electron chi connectivity index (χ0n) is 14.4. The molecule has 6 nitrogen and oxygen atoms in total. The summed E-state index contributed by atoms with van der Waals surface area (Å²) in [6.07, 6.45) is 4.10. The minimum Gasteiger partial charge on any atom is -0.496 e. The Labute approximate surface area is 142 Å². The van der Waals surface area contributed by atoms with Crippen molar-refractivity contribution < 1.29 is 28.8 Å². The lowest BCUT2D eigenvalue weighted by Crippen LogP contribution is -2.15. The zero-order chi connectivity index (χ0) is 17.5. The van der Waals surface area contributed by atoms with E-state index in [1.807, 2.05) is 0 Å². The predicted molar refractivity (Wildman–Crippen MR) is 87.7 cm³/mol. The highest BCUT2D eigenvalue weighted by atomic mass is 17.2. The van der Waals surface area contributed by atoms with E-state index in [1.165, 1.54) is 27.4 Å². The molecule has 0 saturated heterocycles. The van der Waals surface area contributed by atoms with Gasteiger partial charge < -0.3 is 14.2 Å². The van der Waals surface area contributed by atoms with Crippen LogP contribution in [0, 0.1) is 25.4 Å². The molecule has 2 rings (SSSR count). The topological polar surface area (TPSA) is 63.2 Å². The third-order valence-electron chi connectivity index (χ3n) is 4.19. The van der Waals surface area contributed by atoms with E-state index in [0.717, 1.165) is 25.7 Å². The van der Waals surface area contributed by atoms with E-state index in [1.54, 1.807) is 12.7 Å². The predicted octanol–water partition coefficient (Wildman–Crippen LogP) is 3.60. The normalized spacial score (nSPS) is 20.3. The summed E-state index contributed by atoms with van der Waals surface area (Å²) in [6, 6.07) is 3.06. The molecule has 0 heterocycles. The molecule has 0 unspecified atom stereocenters. The van der Waals surface area contributed by atoms with Gasteiger partial charge in [0.25, 0.3) is 0 Å². The zero-order valence-corrected chi connectivity index (χ0v) is 14.4. The van der Waals surface area contributed by atoms with E-state index in [9.17, 15) is 4.79 Å². The molecular formula is C18H24O6. The molecule has 0 aliphatic heterocycles. The number of benzene rings is 1. The second kappa shape index (κ2) is 8.78. The van der Waals surface area contributed by atoms with Crippen LogP contribution in [-0.4, -0.2) is 27.3 Å². The maximum absolute atomic E-state index is 12.2. The number of carbonyl (C=O) groups excluding carboxylic acids is 1. The van der Waals surface area contributed by atoms with Crippen LogP contribution < -0.4 is 14.2 Å². The molecular weight excluding hydrogens is 312 g/mol. The molecule has 1 aliphatic rings. The molecule has 0 aromatic heterocycles. The van der Waals surface area contributed by atoms with Crippen LogP contribution in [0.3, 0.4) is 0 Å². The van der Waals surface area contributed by atoms with Gasteiger partial charge in [0.2, 0.25) is 0 Å². The van der Waals surface area contributed by atoms with Gasteiger partial charge in [-0.3, -0.25) is 4.89 Å². The van der Waals surface area contributed by atoms with Gasteiger partial charge >= 0.3 is 5.97 Å². The molecule has 132 valence electrons. The van der Waals surface area contributed by atoms with E-state index in [4.69, 9.17) is 24.0 Å². The van der Waals surface area contributed by atoms with E-state index >= 15 is 0 Å². The Morgan fingerprint density at radius 1 is 1.00 bits per heavy atom. The van der Waals surface area contributed by atoms with Crippen molar-refractivity contribution in [3.63, 3.8) is 0 Å². The fourth-order valence-electron chi connectivity index (χ4n) is 2.71. The fraction of sp³-hybridized carbons (Fsp3) is 0.500. The summed E-state index contributed by atoms with van der Waals surface area (Å²) < 4.78 is 15.6. The SMILES string of the molecule is [CH2]C1CCC([CH]OOC(=O)c2cc(OC)c(OC)cc2OC)CC1. The van der Waals surface area contributed by atoms with Gasteiger partial charge in [0, 0.05) is 12.1 Å². The molecule has 2 radical (unpaired) electrons. The first kappa shape index (κ1) is 18.4. The maximum atomic E-state index is 12.2. The maximum Gasteiger partial charge on any atom is 0.376 e. The number of rotatable bonds is 7. The van der Waals surface area contributed by atoms with Crippen molar-refractivity contribution in [2.45, 2.75) is 25.7 Å². The van der Waals surface area contributed by atoms with Gasteiger partial charge in [0.05, 0.1) is 21.3 Å². The van der Waals surface area contributed by atoms with Crippen LogP contribution in [-0.2, 0) is 9.78 Å². The monoisotopic (exact) mass is 336 g/mol. The number of hydrogen-bond acceptors (Lipinski definition) is 6. The second-order valence-electron chi connectivity index (χ2n) is 5.79. The van der Waals surface area contributed by atoms with E-state index in [-0.39, 0.29) is 11.5 Å². The highest BCUT2D eigenvalue weighted by molar-refractivity contribution is 5.93. The van der Waals surface area contributed by atoms with Crippen LogP contribution in [0.25, 0.3) is 0 Å². The summed E-state index contributed by atoms with van der Waals surface area (Å²) >= 11 is 0. The molecule has 1 aromatic carbocycles. The third-order valence-corrected chi connectivity index (χ3v) is 4.19. The van der Waals surface area contributed by atoms with Gasteiger partial charge in [-0.25, -0.2) is 4.79 Å². The standard InChI is InChI=1S/C18H24O6/c1-12-5-7-13(8-6-12)11-23-24-18(19)14-9-16(21-3)17(22-4)10-15(14)20-2/h9-13H,1,5-8H2,2-4H3. The summed E-state index contributed by atoms with van der Waals surface area (Å²) in [4.78, 5) is 22.2. The Hall–Kier alpha value is -1.95. The fourth-order valence-corrected chi connectivity index (χ4v) is 2.71. The first-order valence-corrected chi connectivity index (χ1v) is 7.93. The lowest BCUT2D eigenvalue weighted by molar-refractivity contribution is -0.220. The minimum atomic E-state index is -0.658. The Balaban J connectivity index is 1.96. The molecule has 1 saturated carbocycles. The molecule has 1 aliphatic carbocycles. The summed E-state index contributed by atoms with van der Waals surface area (Å²) in [5.74, 6) is 1.32. The van der Waals surface area contributed by atoms with Gasteiger partial charge in [-0.2, -0.15) is 4.89 Å². The lowest BCUT2D eigenvalue weighted by Gasteiger charge is -2.24. The molecule has 1 aromatic rings. The van der Waals surface area contributed by atoms with Crippen molar-refractivity contribution in [3.05, 3.63) is 31.2 Å². The van der Waals surface area contributed by atoms with Crippen molar-refractivity contribution in [1.82, 2.24) is 0 Å². The van der Waals surface area contributed by atoms with Gasteiger partial charge in [0.1, 0.15) is 17.9 Å². The van der Waals surface area contributed by atoms with Gasteiger partial charge in [-0.15, -0.1) is 0 Å². The smallest absolute Gasteiger partial charge is 0.376 e. The Bertz CT molecular complexity index is 549. The Morgan fingerprint density at radius 3 is 2.17 bits per heavy atom. The van der Waals surface area contributed by atoms with Gasteiger partial charge in [-0.05, 0) is 24.7 Å². The highest BCUT2D eigenvalue weighted by Crippen LogP contribution is 2.35. The summed E-state index contributed by atoms with van der Waals surface area (Å²) in [6.45, 7) is 5.63. The summed E-state index contributed by atoms with van der Waals surface area (Å²) in [7, 11) is 4.46. The van der Waals surface area contributed by atoms with E-state index in [0.29, 0.717) is 23.2 Å². The van der Waals surface area contributed by atoms with Gasteiger partial charge in [-0.1, -0.05) is 19.8 Å². The van der Waals surface area contributed by atoms with E-state index < -0.39 is 5.97 Å². The Morgan fingerprint density at radius 2 is 1.58 bits per heavy atom. The van der Waals surface area contributed by atoms with Crippen LogP contribution >= 0.6 is 0 Å². The van der Waals surface area contributed by atoms with Gasteiger partial charge in [0.15, 0.2) is 11.5 Å². The van der Waals surface area contributed by atoms with Crippen LogP contribution in [0.5, 0.6) is 17.2 Å². The third kappa shape index (κ3) is 4.54. The Kier molecular flexibility index (Phi) is 6.73. The van der Waals surface area contributed by atoms with Crippen LogP contribution in [0.2, 0.25) is 0 Å². The van der Waals surface area contributed by atoms with Crippen LogP contribution in [0.4, 0.5) is 0 Å². The molecule has 1 fully saturated rings. The molecule has 0 bridgehead atoms. The van der Waals surface area contributed by atoms with Crippen molar-refractivity contribution in [2.24, 2.45) is 11.8 Å². The van der Waals surface area contributed by atoms with Crippen LogP contribution in [0.15, 0.2) is 12.1 Å². The molecule has 0 amide bonds. The second-order valence-corrected chi connectivity index (χ2v) is 5.79. The van der Waals surface area contributed by atoms with Crippen molar-refractivity contribution in [3.8, 4) is 17.2 Å². The van der Waals surface area contributed by atoms with Crippen molar-refractivity contribution in [1.29, 1.82) is 0 Å². The number of carbonyl (C=O) groups is 1. The summed E-state index contributed by atoms with van der Waals surface area (Å²) in [5, 5.41) is 0. The number of methoxy groups -OCH3 is 3. The van der Waals surface area contributed by atoms with E-state index in [2.05, 4.69) is 6.92 Å². The summed E-state index contributed by atoms with van der Waals surface area (Å²) in [5.41, 5.74) is 0.199. The molecule has 0 atom stereocenters. The molecule has 0 spiro atoms. The minimum absolute atomic E-state index is 0.199. The molecule has 0 N–H and O–H groups in total. The number of hydrogen-bond donors (Lipinski definition) is 0. The average molecular weight is 336 g/mol. The molecule has 6 heteroatoms. The number of ether oxygens (including phenoxy) is 3. The first-order chi connectivity index (χ1) is 11.6. The quantitative estimate of drug-likeness (QED) is 0.560. The lowest BCUT2D eigenvalue weighted by atomic mass is 9.83. The van der Waals surface area contributed by atoms with Crippen molar-refractivity contribution >= 4 is 5.97 Å². The van der Waals surface area contributed by atoms with Crippen LogP contribution in [0.1, 0.15) is 36.0 Å². The van der Waals surface area contributed by atoms with Crippen molar-refractivity contribution in [2.75, 3.05) is 21.3 Å². The highest BCUT2D eigenvalue weighted by Gasteiger charge is 2.22. The average Bonchev–Trinajstić information content (AvgIpc) is 2.61. The molecule has 24 heavy (non-hydrogen) atoms. The first-order valence-electron chi connectivity index (χ1n) is 7.93. The largest absolute Gasteiger partial charge is 0.496 e.